The number of aliphatic hydroxyl groups is 3. The van der Waals surface area contributed by atoms with Crippen molar-refractivity contribution in [2.75, 3.05) is 26.4 Å². The quantitative estimate of drug-likeness (QED) is 0.0258. The Bertz CT molecular complexity index is 1210. The number of hydrogen-bond donors (Lipinski definition) is 4. The summed E-state index contributed by atoms with van der Waals surface area (Å²) < 4.78 is 59.5. The van der Waals surface area contributed by atoms with Crippen molar-refractivity contribution in [2.45, 2.75) is 327 Å². The van der Waals surface area contributed by atoms with E-state index in [1.165, 1.54) is 225 Å². The van der Waals surface area contributed by atoms with E-state index in [1.807, 2.05) is 0 Å². The lowest BCUT2D eigenvalue weighted by Gasteiger charge is -2.41. The van der Waals surface area contributed by atoms with Gasteiger partial charge in [0.1, 0.15) is 30.5 Å². The fourth-order valence-corrected chi connectivity index (χ4v) is 10.1. The van der Waals surface area contributed by atoms with E-state index in [2.05, 4.69) is 18.0 Å². The first-order chi connectivity index (χ1) is 33.6. The molecule has 4 N–H and O–H groups in total. The van der Waals surface area contributed by atoms with Gasteiger partial charge in [-0.15, -0.1) is 0 Å². The highest BCUT2D eigenvalue weighted by Gasteiger charge is 2.48. The lowest BCUT2D eigenvalue weighted by molar-refractivity contribution is -0.301. The van der Waals surface area contributed by atoms with Crippen molar-refractivity contribution in [2.24, 2.45) is 0 Å². The van der Waals surface area contributed by atoms with Gasteiger partial charge in [0, 0.05) is 13.0 Å². The molecule has 0 aliphatic carbocycles. The van der Waals surface area contributed by atoms with E-state index in [9.17, 15) is 33.1 Å². The zero-order valence-electron chi connectivity index (χ0n) is 44.7. The number of ether oxygens (including phenoxy) is 4. The zero-order valence-corrected chi connectivity index (χ0v) is 45.5. The second-order valence-corrected chi connectivity index (χ2v) is 21.7. The number of carbonyl (C=O) groups is 1. The van der Waals surface area contributed by atoms with Crippen LogP contribution in [-0.4, -0.2) is 97.5 Å². The number of carbonyl (C=O) groups excluding carboxylic acids is 1. The summed E-state index contributed by atoms with van der Waals surface area (Å²) in [5.41, 5.74) is 0. The fourth-order valence-electron chi connectivity index (χ4n) is 9.56. The molecule has 6 atom stereocenters. The minimum absolute atomic E-state index is 0.0457. The predicted octanol–water partition coefficient (Wildman–Crippen LogP) is 14.4. The Morgan fingerprint density at radius 2 is 0.826 bits per heavy atom. The van der Waals surface area contributed by atoms with E-state index in [0.717, 1.165) is 38.5 Å². The van der Waals surface area contributed by atoms with Gasteiger partial charge < -0.3 is 34.3 Å². The van der Waals surface area contributed by atoms with Gasteiger partial charge in [-0.25, -0.2) is 4.18 Å². The van der Waals surface area contributed by atoms with Gasteiger partial charge >= 0.3 is 16.4 Å². The van der Waals surface area contributed by atoms with Crippen LogP contribution < -0.4 is 0 Å². The highest BCUT2D eigenvalue weighted by Crippen LogP contribution is 2.26. The van der Waals surface area contributed by atoms with Crippen molar-refractivity contribution in [3.63, 3.8) is 0 Å². The summed E-state index contributed by atoms with van der Waals surface area (Å²) in [7, 11) is -5.06. The Balaban J connectivity index is 2.27. The van der Waals surface area contributed by atoms with E-state index < -0.39 is 53.8 Å². The Morgan fingerprint density at radius 1 is 0.493 bits per heavy atom. The van der Waals surface area contributed by atoms with Crippen LogP contribution >= 0.6 is 0 Å². The van der Waals surface area contributed by atoms with Crippen LogP contribution in [0.1, 0.15) is 290 Å². The Kier molecular flexibility index (Phi) is 46.1. The van der Waals surface area contributed by atoms with Crippen molar-refractivity contribution in [1.29, 1.82) is 0 Å². The molecule has 1 saturated heterocycles. The van der Waals surface area contributed by atoms with Crippen LogP contribution in [0.2, 0.25) is 0 Å². The van der Waals surface area contributed by atoms with Crippen molar-refractivity contribution >= 4 is 16.4 Å². The standard InChI is InChI=1S/C56H110O12S/c1-3-5-7-9-11-13-15-17-19-21-23-25-26-28-30-32-34-36-38-40-42-44-46-64-48-50(49-65-56-54(60)55(68-69(61,62)63)53(59)51(47-57)67-56)66-52(58)45-43-41-39-37-35-33-31-29-27-24-22-20-18-16-14-12-10-8-6-4-2/h50-51,53-57,59-60H,3-49H2,1-2H3,(H,61,62,63). The molecule has 0 saturated carbocycles. The molecule has 0 spiro atoms. The minimum Gasteiger partial charge on any atom is -0.457 e. The monoisotopic (exact) mass is 1010 g/mol. The van der Waals surface area contributed by atoms with Gasteiger partial charge in [-0.3, -0.25) is 9.35 Å². The number of hydrogen-bond acceptors (Lipinski definition) is 11. The van der Waals surface area contributed by atoms with E-state index in [-0.39, 0.29) is 25.6 Å². The van der Waals surface area contributed by atoms with Crippen molar-refractivity contribution < 1.29 is 56.2 Å². The first-order valence-electron chi connectivity index (χ1n) is 29.3. The smallest absolute Gasteiger partial charge is 0.397 e. The number of unbranched alkanes of at least 4 members (excludes halogenated alkanes) is 40. The Morgan fingerprint density at radius 3 is 1.16 bits per heavy atom. The summed E-state index contributed by atoms with van der Waals surface area (Å²) in [4.78, 5) is 13.0. The summed E-state index contributed by atoms with van der Waals surface area (Å²) in [6.45, 7) is 4.08. The van der Waals surface area contributed by atoms with Crippen molar-refractivity contribution in [3.8, 4) is 0 Å². The molecule has 13 heteroatoms. The molecule has 1 fully saturated rings. The molecule has 6 unspecified atom stereocenters. The van der Waals surface area contributed by atoms with Gasteiger partial charge in [0.2, 0.25) is 0 Å². The van der Waals surface area contributed by atoms with Crippen LogP contribution in [0.5, 0.6) is 0 Å². The third-order valence-corrected chi connectivity index (χ3v) is 14.4. The maximum Gasteiger partial charge on any atom is 0.397 e. The average Bonchev–Trinajstić information content (AvgIpc) is 3.32. The van der Waals surface area contributed by atoms with E-state index in [4.69, 9.17) is 18.9 Å². The molecule has 0 bridgehead atoms. The van der Waals surface area contributed by atoms with Crippen LogP contribution in [0.3, 0.4) is 0 Å². The van der Waals surface area contributed by atoms with Gasteiger partial charge in [-0.05, 0) is 12.8 Å². The number of esters is 1. The molecule has 0 amide bonds. The molecular formula is C56H110O12S. The average molecular weight is 1010 g/mol. The molecule has 412 valence electrons. The van der Waals surface area contributed by atoms with Crippen LogP contribution in [0.25, 0.3) is 0 Å². The number of rotatable bonds is 53. The zero-order chi connectivity index (χ0) is 50.3. The number of aliphatic hydroxyl groups excluding tert-OH is 3. The van der Waals surface area contributed by atoms with Gasteiger partial charge in [-0.2, -0.15) is 8.42 Å². The first kappa shape index (κ1) is 66.1. The van der Waals surface area contributed by atoms with Crippen molar-refractivity contribution in [3.05, 3.63) is 0 Å². The lowest BCUT2D eigenvalue weighted by Crippen LogP contribution is -2.60. The first-order valence-corrected chi connectivity index (χ1v) is 30.7. The highest BCUT2D eigenvalue weighted by atomic mass is 32.3. The molecule has 1 aliphatic heterocycles. The van der Waals surface area contributed by atoms with Crippen LogP contribution in [0, 0.1) is 0 Å². The predicted molar refractivity (Wildman–Crippen MR) is 281 cm³/mol. The van der Waals surface area contributed by atoms with Crippen LogP contribution in [0.15, 0.2) is 0 Å². The van der Waals surface area contributed by atoms with E-state index in [1.54, 1.807) is 0 Å². The molecule has 1 rings (SSSR count). The Labute approximate surface area is 424 Å². The normalized spacial score (nSPS) is 19.1. The van der Waals surface area contributed by atoms with Gasteiger partial charge in [0.25, 0.3) is 0 Å². The minimum atomic E-state index is -5.06. The molecular weight excluding hydrogens is 897 g/mol. The van der Waals surface area contributed by atoms with Gasteiger partial charge in [0.05, 0.1) is 19.8 Å². The second kappa shape index (κ2) is 48.1. The lowest BCUT2D eigenvalue weighted by atomic mass is 9.99. The van der Waals surface area contributed by atoms with Crippen LogP contribution in [0.4, 0.5) is 0 Å². The van der Waals surface area contributed by atoms with E-state index >= 15 is 0 Å². The highest BCUT2D eigenvalue weighted by molar-refractivity contribution is 7.80. The van der Waals surface area contributed by atoms with Crippen LogP contribution in [-0.2, 0) is 38.3 Å². The summed E-state index contributed by atoms with van der Waals surface area (Å²) in [6, 6.07) is 0. The molecule has 12 nitrogen and oxygen atoms in total. The largest absolute Gasteiger partial charge is 0.457 e. The second-order valence-electron chi connectivity index (χ2n) is 20.6. The summed E-state index contributed by atoms with van der Waals surface area (Å²) in [5.74, 6) is -0.389. The molecule has 1 heterocycles. The summed E-state index contributed by atoms with van der Waals surface area (Å²) in [5, 5.41) is 30.8. The topological polar surface area (TPSA) is 178 Å². The SMILES string of the molecule is CCCCCCCCCCCCCCCCCCCCCCCCOCC(COC1OC(CO)C(O)C(OS(=O)(=O)O)C1O)OC(=O)CCCCCCCCCCCCCCCCCCCCCC. The van der Waals surface area contributed by atoms with Crippen molar-refractivity contribution in [1.82, 2.24) is 0 Å². The fraction of sp³-hybridized carbons (Fsp3) is 0.982. The molecule has 1 aliphatic rings. The molecule has 0 aromatic heterocycles. The molecule has 0 radical (unpaired) electrons. The Hall–Kier alpha value is -0.900. The van der Waals surface area contributed by atoms with Gasteiger partial charge in [0.15, 0.2) is 6.29 Å². The maximum absolute atomic E-state index is 13.0. The summed E-state index contributed by atoms with van der Waals surface area (Å²) >= 11 is 0. The molecule has 0 aromatic rings. The van der Waals surface area contributed by atoms with E-state index in [0.29, 0.717) is 13.0 Å². The molecule has 0 aromatic carbocycles. The molecule has 69 heavy (non-hydrogen) atoms. The third kappa shape index (κ3) is 41.2. The summed E-state index contributed by atoms with van der Waals surface area (Å²) in [6.07, 6.45) is 45.7. The third-order valence-electron chi connectivity index (χ3n) is 14.0. The van der Waals surface area contributed by atoms with Gasteiger partial charge in [-0.1, -0.05) is 271 Å². The maximum atomic E-state index is 13.0.